The molecule has 0 unspecified atom stereocenters. The molecule has 10 nitrogen and oxygen atoms in total. The minimum absolute atomic E-state index is 0.0297. The number of hydrogen-bond acceptors (Lipinski definition) is 8. The first-order valence-corrected chi connectivity index (χ1v) is 11.0. The lowest BCUT2D eigenvalue weighted by atomic mass is 10.1. The number of carbonyl (C=O) groups is 1. The molecule has 1 N–H and O–H groups in total. The summed E-state index contributed by atoms with van der Waals surface area (Å²) in [6.45, 7) is -0.0297. The Hall–Kier alpha value is -4.64. The molecule has 0 saturated carbocycles. The van der Waals surface area contributed by atoms with Gasteiger partial charge in [-0.1, -0.05) is 18.2 Å². The molecule has 0 aliphatic carbocycles. The molecule has 0 fully saturated rings. The summed E-state index contributed by atoms with van der Waals surface area (Å²) in [7, 11) is 0. The number of nitro groups is 1. The molecule has 1 amide bonds. The highest BCUT2D eigenvalue weighted by molar-refractivity contribution is 7.07. The Morgan fingerprint density at radius 2 is 2.03 bits per heavy atom. The fourth-order valence-corrected chi connectivity index (χ4v) is 4.16. The van der Waals surface area contributed by atoms with Crippen molar-refractivity contribution < 1.29 is 14.5 Å². The van der Waals surface area contributed by atoms with Gasteiger partial charge in [0.2, 0.25) is 4.80 Å². The highest BCUT2D eigenvalue weighted by Crippen LogP contribution is 2.33. The highest BCUT2D eigenvalue weighted by atomic mass is 32.1. The molecule has 3 heterocycles. The third-order valence-electron chi connectivity index (χ3n) is 4.88. The van der Waals surface area contributed by atoms with Crippen LogP contribution in [0.25, 0.3) is 11.3 Å². The van der Waals surface area contributed by atoms with Crippen LogP contribution in [-0.2, 0) is 4.79 Å². The number of anilines is 1. The van der Waals surface area contributed by atoms with Crippen LogP contribution in [0.1, 0.15) is 5.69 Å². The zero-order valence-corrected chi connectivity index (χ0v) is 18.3. The van der Waals surface area contributed by atoms with Crippen molar-refractivity contribution >= 4 is 40.5 Å². The summed E-state index contributed by atoms with van der Waals surface area (Å²) >= 11 is 1.28. The minimum atomic E-state index is -0.471. The monoisotopic (exact) mass is 472 g/mol. The van der Waals surface area contributed by atoms with E-state index in [-0.39, 0.29) is 23.9 Å². The van der Waals surface area contributed by atoms with E-state index in [2.05, 4.69) is 20.4 Å². The van der Waals surface area contributed by atoms with Gasteiger partial charge in [0.25, 0.3) is 11.6 Å². The van der Waals surface area contributed by atoms with Gasteiger partial charge in [-0.05, 0) is 36.4 Å². The van der Waals surface area contributed by atoms with Crippen molar-refractivity contribution in [1.82, 2.24) is 9.66 Å². The molecule has 0 spiro atoms. The normalized spacial score (nSPS) is 13.4. The Morgan fingerprint density at radius 3 is 2.85 bits per heavy atom. The molecule has 0 bridgehead atoms. The van der Waals surface area contributed by atoms with Gasteiger partial charge in [0.15, 0.2) is 6.61 Å². The summed E-state index contributed by atoms with van der Waals surface area (Å²) < 4.78 is 7.03. The van der Waals surface area contributed by atoms with Crippen LogP contribution in [0.5, 0.6) is 5.75 Å². The largest absolute Gasteiger partial charge is 0.482 e. The molecule has 11 heteroatoms. The molecule has 2 aromatic heterocycles. The molecular formula is C23H16N6O4S. The molecule has 0 saturated heterocycles. The van der Waals surface area contributed by atoms with E-state index in [1.807, 2.05) is 17.5 Å². The number of hydrogen-bond donors (Lipinski definition) is 1. The van der Waals surface area contributed by atoms with Crippen molar-refractivity contribution in [2.75, 3.05) is 11.9 Å². The first-order chi connectivity index (χ1) is 16.6. The van der Waals surface area contributed by atoms with Crippen LogP contribution in [-0.4, -0.2) is 33.3 Å². The van der Waals surface area contributed by atoms with Crippen LogP contribution >= 0.6 is 11.3 Å². The van der Waals surface area contributed by atoms with E-state index < -0.39 is 4.92 Å². The van der Waals surface area contributed by atoms with Crippen molar-refractivity contribution in [2.45, 2.75) is 0 Å². The molecule has 1 aliphatic rings. The van der Waals surface area contributed by atoms with Gasteiger partial charge in [-0.25, -0.2) is 9.67 Å². The molecule has 5 rings (SSSR count). The Labute approximate surface area is 196 Å². The van der Waals surface area contributed by atoms with Crippen LogP contribution in [0.15, 0.2) is 82.3 Å². The number of rotatable bonds is 5. The molecule has 4 aromatic rings. The maximum atomic E-state index is 11.8. The number of pyridine rings is 1. The first kappa shape index (κ1) is 21.2. The Kier molecular flexibility index (Phi) is 5.67. The summed E-state index contributed by atoms with van der Waals surface area (Å²) in [4.78, 5) is 31.9. The average Bonchev–Trinajstić information content (AvgIpc) is 3.25. The topological polar surface area (TPSA) is 124 Å². The number of aromatic nitrogens is 2. The third kappa shape index (κ3) is 4.32. The number of nitro benzene ring substituents is 1. The summed E-state index contributed by atoms with van der Waals surface area (Å²) in [5.41, 5.74) is 2.73. The van der Waals surface area contributed by atoms with E-state index >= 15 is 0 Å². The van der Waals surface area contributed by atoms with Crippen LogP contribution in [0.3, 0.4) is 0 Å². The Morgan fingerprint density at radius 1 is 1.18 bits per heavy atom. The van der Waals surface area contributed by atoms with Gasteiger partial charge in [-0.15, -0.1) is 11.3 Å². The summed E-state index contributed by atoms with van der Waals surface area (Å²) in [6, 6.07) is 17.1. The SMILES string of the molecule is O=C1COc2ccc(-c3csc(=Nc4ccccc4[N+](=O)[O-])n3N=Cc3ccccn3)cc2N1. The van der Waals surface area contributed by atoms with Gasteiger partial charge in [-0.3, -0.25) is 19.9 Å². The van der Waals surface area contributed by atoms with Crippen LogP contribution in [0.2, 0.25) is 0 Å². The zero-order valence-electron chi connectivity index (χ0n) is 17.5. The number of nitrogens with one attached hydrogen (secondary N) is 1. The lowest BCUT2D eigenvalue weighted by molar-refractivity contribution is -0.384. The van der Waals surface area contributed by atoms with Crippen molar-refractivity contribution in [3.63, 3.8) is 0 Å². The first-order valence-electron chi connectivity index (χ1n) is 10.1. The highest BCUT2D eigenvalue weighted by Gasteiger charge is 2.18. The second-order valence-electron chi connectivity index (χ2n) is 7.12. The van der Waals surface area contributed by atoms with E-state index in [0.717, 1.165) is 5.56 Å². The Bertz CT molecular complexity index is 1490. The van der Waals surface area contributed by atoms with E-state index in [1.165, 1.54) is 17.4 Å². The quantitative estimate of drug-likeness (QED) is 0.267. The number of thiazole rings is 1. The minimum Gasteiger partial charge on any atom is -0.482 e. The van der Waals surface area contributed by atoms with E-state index in [4.69, 9.17) is 4.74 Å². The van der Waals surface area contributed by atoms with Gasteiger partial charge in [0.1, 0.15) is 11.4 Å². The summed E-state index contributed by atoms with van der Waals surface area (Å²) in [5.74, 6) is 0.343. The molecule has 34 heavy (non-hydrogen) atoms. The van der Waals surface area contributed by atoms with Crippen LogP contribution < -0.4 is 14.9 Å². The van der Waals surface area contributed by atoms with Crippen LogP contribution in [0.4, 0.5) is 17.1 Å². The molecule has 0 atom stereocenters. The Balaban J connectivity index is 1.66. The van der Waals surface area contributed by atoms with Gasteiger partial charge in [-0.2, -0.15) is 5.10 Å². The summed E-state index contributed by atoms with van der Waals surface area (Å²) in [6.07, 6.45) is 3.24. The number of fused-ring (bicyclic) bond motifs is 1. The standard InChI is InChI=1S/C23H16N6O4S/c30-22-13-33-21-9-8-15(11-18(21)26-22)20-14-34-23(27-17-6-1-2-7-19(17)29(31)32)28(20)25-12-16-5-3-4-10-24-16/h1-12,14H,13H2,(H,26,30). The third-order valence-corrected chi connectivity index (χ3v) is 5.70. The fraction of sp³-hybridized carbons (Fsp3) is 0.0435. The average molecular weight is 472 g/mol. The number of nitrogens with zero attached hydrogens (tertiary/aromatic N) is 5. The second kappa shape index (κ2) is 9.08. The van der Waals surface area contributed by atoms with Gasteiger partial charge < -0.3 is 10.1 Å². The number of ether oxygens (including phenoxy) is 1. The number of benzene rings is 2. The van der Waals surface area contributed by atoms with Gasteiger partial charge >= 0.3 is 0 Å². The summed E-state index contributed by atoms with van der Waals surface area (Å²) in [5, 5.41) is 20.7. The maximum Gasteiger partial charge on any atom is 0.294 e. The molecule has 1 aliphatic heterocycles. The van der Waals surface area contributed by atoms with Gasteiger partial charge in [0.05, 0.1) is 28.2 Å². The van der Waals surface area contributed by atoms with E-state index in [1.54, 1.807) is 59.6 Å². The predicted molar refractivity (Wildman–Crippen MR) is 127 cm³/mol. The zero-order chi connectivity index (χ0) is 23.5. The number of carbonyl (C=O) groups excluding carboxylic acids is 1. The number of para-hydroxylation sites is 2. The number of amides is 1. The molecule has 2 aromatic carbocycles. The predicted octanol–water partition coefficient (Wildman–Crippen LogP) is 3.97. The van der Waals surface area contributed by atoms with Crippen LogP contribution in [0, 0.1) is 10.1 Å². The molecule has 168 valence electrons. The van der Waals surface area contributed by atoms with Crippen molar-refractivity contribution in [1.29, 1.82) is 0 Å². The second-order valence-corrected chi connectivity index (χ2v) is 7.96. The van der Waals surface area contributed by atoms with E-state index in [9.17, 15) is 14.9 Å². The van der Waals surface area contributed by atoms with Crippen molar-refractivity contribution in [2.24, 2.45) is 10.1 Å². The van der Waals surface area contributed by atoms with Crippen molar-refractivity contribution in [3.8, 4) is 17.0 Å². The lowest BCUT2D eigenvalue weighted by Gasteiger charge is -2.18. The van der Waals surface area contributed by atoms with Gasteiger partial charge in [0, 0.05) is 23.2 Å². The molecule has 0 radical (unpaired) electrons. The maximum absolute atomic E-state index is 11.8. The smallest absolute Gasteiger partial charge is 0.294 e. The lowest BCUT2D eigenvalue weighted by Crippen LogP contribution is -2.25. The van der Waals surface area contributed by atoms with Crippen molar-refractivity contribution in [3.05, 3.63) is 92.9 Å². The van der Waals surface area contributed by atoms with E-state index in [0.29, 0.717) is 27.6 Å². The fourth-order valence-electron chi connectivity index (χ4n) is 3.31. The molecular weight excluding hydrogens is 456 g/mol.